The highest BCUT2D eigenvalue weighted by atomic mass is 32.2. The third kappa shape index (κ3) is 5.72. The maximum absolute atomic E-state index is 13.4. The van der Waals surface area contributed by atoms with Crippen molar-refractivity contribution in [3.8, 4) is 5.75 Å². The molecule has 3 aromatic rings. The number of benzene rings is 1. The van der Waals surface area contributed by atoms with Gasteiger partial charge in [0.15, 0.2) is 15.6 Å². The number of fused-ring (bicyclic) bond motifs is 1. The minimum atomic E-state index is -3.61. The van der Waals surface area contributed by atoms with Crippen LogP contribution in [0.3, 0.4) is 0 Å². The first-order chi connectivity index (χ1) is 14.5. The first-order valence-corrected chi connectivity index (χ1v) is 10.7. The van der Waals surface area contributed by atoms with Gasteiger partial charge in [-0.05, 0) is 36.8 Å². The van der Waals surface area contributed by atoms with E-state index in [-0.39, 0.29) is 17.1 Å². The number of aryl methyl sites for hydroxylation is 1. The summed E-state index contributed by atoms with van der Waals surface area (Å²) in [4.78, 5) is 28.6. The standard InChI is InChI=1S/C17H15FN2O3S.C3H6N2O2/c1-10-13-4-3-7-19-16(13)17(21)14(20-10)8-11-5-6-12(18)9-15(11)24(2,22)23;1-5(2-6)3(4)7/h3-7,9,21H,8H2,1-2H3;2H,1H3,(H2,4,7). The van der Waals surface area contributed by atoms with Crippen molar-refractivity contribution >= 4 is 33.2 Å². The van der Waals surface area contributed by atoms with Crippen LogP contribution in [-0.2, 0) is 21.1 Å². The molecule has 0 bridgehead atoms. The number of sulfone groups is 1. The van der Waals surface area contributed by atoms with Gasteiger partial charge in [-0.15, -0.1) is 0 Å². The van der Waals surface area contributed by atoms with Gasteiger partial charge in [0.05, 0.1) is 10.6 Å². The zero-order valence-corrected chi connectivity index (χ0v) is 17.9. The highest BCUT2D eigenvalue weighted by molar-refractivity contribution is 7.90. The van der Waals surface area contributed by atoms with Crippen molar-refractivity contribution in [2.45, 2.75) is 18.2 Å². The smallest absolute Gasteiger partial charge is 0.320 e. The Bertz CT molecular complexity index is 1250. The first-order valence-electron chi connectivity index (χ1n) is 8.85. The number of aromatic hydroxyl groups is 1. The number of nitrogens with zero attached hydrogens (tertiary/aromatic N) is 3. The van der Waals surface area contributed by atoms with Crippen LogP contribution in [0.2, 0.25) is 0 Å². The summed E-state index contributed by atoms with van der Waals surface area (Å²) in [6.45, 7) is 1.79. The Labute approximate surface area is 178 Å². The lowest BCUT2D eigenvalue weighted by Gasteiger charge is -2.11. The van der Waals surface area contributed by atoms with Crippen LogP contribution in [0.1, 0.15) is 17.0 Å². The monoisotopic (exact) mass is 448 g/mol. The highest BCUT2D eigenvalue weighted by Gasteiger charge is 2.18. The van der Waals surface area contributed by atoms with Crippen molar-refractivity contribution in [1.82, 2.24) is 14.9 Å². The second-order valence-corrected chi connectivity index (χ2v) is 8.63. The van der Waals surface area contributed by atoms with E-state index in [4.69, 9.17) is 0 Å². The molecule has 3 amide bonds. The van der Waals surface area contributed by atoms with Crippen molar-refractivity contribution < 1.29 is 27.5 Å². The molecule has 2 aromatic heterocycles. The van der Waals surface area contributed by atoms with Crippen molar-refractivity contribution in [2.75, 3.05) is 13.3 Å². The summed E-state index contributed by atoms with van der Waals surface area (Å²) >= 11 is 0. The zero-order valence-electron chi connectivity index (χ0n) is 17.0. The van der Waals surface area contributed by atoms with E-state index in [0.717, 1.165) is 22.6 Å². The quantitative estimate of drug-likeness (QED) is 0.580. The molecule has 0 spiro atoms. The van der Waals surface area contributed by atoms with E-state index in [2.05, 4.69) is 15.7 Å². The molecule has 3 N–H and O–H groups in total. The number of primary amides is 1. The maximum Gasteiger partial charge on any atom is 0.320 e. The molecule has 0 unspecified atom stereocenters. The van der Waals surface area contributed by atoms with Crippen LogP contribution in [0.25, 0.3) is 10.9 Å². The van der Waals surface area contributed by atoms with Crippen LogP contribution in [0.15, 0.2) is 41.4 Å². The van der Waals surface area contributed by atoms with E-state index >= 15 is 0 Å². The average Bonchev–Trinajstić information content (AvgIpc) is 2.72. The first kappa shape index (κ1) is 23.7. The van der Waals surface area contributed by atoms with Gasteiger partial charge in [-0.25, -0.2) is 17.6 Å². The molecule has 164 valence electrons. The number of rotatable bonds is 4. The molecule has 0 aliphatic heterocycles. The Balaban J connectivity index is 0.000000423. The van der Waals surface area contributed by atoms with Gasteiger partial charge in [-0.3, -0.25) is 19.7 Å². The minimum absolute atomic E-state index is 0.0574. The molecule has 0 fully saturated rings. The Kier molecular flexibility index (Phi) is 7.24. The van der Waals surface area contributed by atoms with Gasteiger partial charge in [0, 0.05) is 37.0 Å². The van der Waals surface area contributed by atoms with Crippen molar-refractivity contribution in [3.63, 3.8) is 0 Å². The molecular weight excluding hydrogens is 427 g/mol. The lowest BCUT2D eigenvalue weighted by Crippen LogP contribution is -2.30. The van der Waals surface area contributed by atoms with E-state index in [0.29, 0.717) is 28.9 Å². The zero-order chi connectivity index (χ0) is 23.3. The molecule has 0 radical (unpaired) electrons. The van der Waals surface area contributed by atoms with Crippen LogP contribution in [0, 0.1) is 12.7 Å². The highest BCUT2D eigenvalue weighted by Crippen LogP contribution is 2.30. The number of nitrogens with two attached hydrogens (primary N) is 1. The number of halogens is 1. The van der Waals surface area contributed by atoms with Crippen LogP contribution in [0.5, 0.6) is 5.75 Å². The summed E-state index contributed by atoms with van der Waals surface area (Å²) in [5, 5.41) is 11.2. The number of aromatic nitrogens is 2. The van der Waals surface area contributed by atoms with Crippen LogP contribution < -0.4 is 5.73 Å². The van der Waals surface area contributed by atoms with Gasteiger partial charge in [-0.2, -0.15) is 0 Å². The molecule has 2 heterocycles. The van der Waals surface area contributed by atoms with Gasteiger partial charge in [0.1, 0.15) is 11.3 Å². The normalized spacial score (nSPS) is 10.8. The van der Waals surface area contributed by atoms with Crippen LogP contribution >= 0.6 is 0 Å². The van der Waals surface area contributed by atoms with Crippen LogP contribution in [0.4, 0.5) is 9.18 Å². The average molecular weight is 448 g/mol. The Hall–Kier alpha value is -3.60. The molecule has 9 nitrogen and oxygen atoms in total. The lowest BCUT2D eigenvalue weighted by molar-refractivity contribution is -0.114. The molecule has 3 rings (SSSR count). The lowest BCUT2D eigenvalue weighted by atomic mass is 10.1. The predicted molar refractivity (Wildman–Crippen MR) is 112 cm³/mol. The fourth-order valence-corrected chi connectivity index (χ4v) is 3.66. The third-order valence-corrected chi connectivity index (χ3v) is 5.47. The van der Waals surface area contributed by atoms with Gasteiger partial charge in [-0.1, -0.05) is 6.07 Å². The minimum Gasteiger partial charge on any atom is -0.504 e. The number of imide groups is 1. The van der Waals surface area contributed by atoms with Gasteiger partial charge < -0.3 is 10.8 Å². The van der Waals surface area contributed by atoms with Gasteiger partial charge in [0.25, 0.3) is 0 Å². The molecule has 0 atom stereocenters. The molecule has 0 saturated heterocycles. The largest absolute Gasteiger partial charge is 0.504 e. The number of hydrogen-bond donors (Lipinski definition) is 2. The van der Waals surface area contributed by atoms with E-state index in [1.807, 2.05) is 0 Å². The Morgan fingerprint density at radius 2 is 2.00 bits per heavy atom. The second kappa shape index (κ2) is 9.47. The van der Waals surface area contributed by atoms with E-state index in [1.165, 1.54) is 19.2 Å². The summed E-state index contributed by atoms with van der Waals surface area (Å²) in [5.74, 6) is -0.729. The number of hydrogen-bond acceptors (Lipinski definition) is 7. The van der Waals surface area contributed by atoms with Crippen molar-refractivity contribution in [3.05, 3.63) is 59.3 Å². The summed E-state index contributed by atoms with van der Waals surface area (Å²) < 4.78 is 37.2. The number of pyridine rings is 2. The van der Waals surface area contributed by atoms with E-state index in [1.54, 1.807) is 25.3 Å². The van der Waals surface area contributed by atoms with Gasteiger partial charge >= 0.3 is 6.03 Å². The SMILES string of the molecule is CN(C=O)C(N)=O.Cc1nc(Cc2ccc(F)cc2S(C)(=O)=O)c(O)c2ncccc12. The topological polar surface area (TPSA) is 144 Å². The molecule has 1 aromatic carbocycles. The Morgan fingerprint density at radius 1 is 1.32 bits per heavy atom. The number of urea groups is 1. The molecule has 31 heavy (non-hydrogen) atoms. The third-order valence-electron chi connectivity index (χ3n) is 4.29. The Morgan fingerprint density at radius 3 is 2.55 bits per heavy atom. The maximum atomic E-state index is 13.4. The molecule has 0 saturated carbocycles. The molecule has 0 aliphatic rings. The van der Waals surface area contributed by atoms with Crippen LogP contribution in [-0.4, -0.2) is 54.1 Å². The fourth-order valence-electron chi connectivity index (χ4n) is 2.71. The van der Waals surface area contributed by atoms with E-state index < -0.39 is 21.7 Å². The van der Waals surface area contributed by atoms with Crippen molar-refractivity contribution in [2.24, 2.45) is 5.73 Å². The number of carbonyl (C=O) groups excluding carboxylic acids is 2. The summed E-state index contributed by atoms with van der Waals surface area (Å²) in [5.41, 5.74) is 6.36. The number of amides is 3. The van der Waals surface area contributed by atoms with Gasteiger partial charge in [0.2, 0.25) is 6.41 Å². The fraction of sp³-hybridized carbons (Fsp3) is 0.200. The molecule has 11 heteroatoms. The molecular formula is C20H21FN4O5S. The second-order valence-electron chi connectivity index (χ2n) is 6.65. The number of carbonyl (C=O) groups is 2. The predicted octanol–water partition coefficient (Wildman–Crippen LogP) is 1.93. The summed E-state index contributed by atoms with van der Waals surface area (Å²) in [7, 11) is -2.32. The van der Waals surface area contributed by atoms with E-state index in [9.17, 15) is 27.5 Å². The summed E-state index contributed by atoms with van der Waals surface area (Å²) in [6.07, 6.45) is 2.99. The summed E-state index contributed by atoms with van der Waals surface area (Å²) in [6, 6.07) is 6.37. The molecule has 0 aliphatic carbocycles. The van der Waals surface area contributed by atoms with Crippen molar-refractivity contribution in [1.29, 1.82) is 0 Å².